The van der Waals surface area contributed by atoms with E-state index in [-0.39, 0.29) is 41.8 Å². The van der Waals surface area contributed by atoms with Crippen molar-refractivity contribution in [2.24, 2.45) is 13.0 Å². The lowest BCUT2D eigenvalue weighted by atomic mass is 9.99. The molecule has 0 bridgehead atoms. The summed E-state index contributed by atoms with van der Waals surface area (Å²) in [6.07, 6.45) is 4.03. The molecule has 3 heterocycles. The molecule has 0 spiro atoms. The summed E-state index contributed by atoms with van der Waals surface area (Å²) >= 11 is 0. The van der Waals surface area contributed by atoms with Crippen molar-refractivity contribution >= 4 is 41.8 Å². The number of aryl methyl sites for hydroxylation is 3. The first kappa shape index (κ1) is 25.9. The highest BCUT2D eigenvalue weighted by Crippen LogP contribution is 2.17. The van der Waals surface area contributed by atoms with Gasteiger partial charge in [0.2, 0.25) is 0 Å². The Morgan fingerprint density at radius 1 is 1.25 bits per heavy atom. The maximum absolute atomic E-state index is 13.0. The summed E-state index contributed by atoms with van der Waals surface area (Å²) < 4.78 is 3.72. The highest BCUT2D eigenvalue weighted by molar-refractivity contribution is 5.95. The fourth-order valence-corrected chi connectivity index (χ4v) is 4.19. The van der Waals surface area contributed by atoms with Crippen LogP contribution in [0.3, 0.4) is 0 Å². The smallest absolute Gasteiger partial charge is 0.263 e. The lowest BCUT2D eigenvalue weighted by Crippen LogP contribution is -2.37. The van der Waals surface area contributed by atoms with Gasteiger partial charge in [-0.1, -0.05) is 6.07 Å². The molecular weight excluding hydrogens is 449 g/mol. The van der Waals surface area contributed by atoms with Crippen LogP contribution in [0.2, 0.25) is 0 Å². The average molecular weight is 480 g/mol. The fourth-order valence-electron chi connectivity index (χ4n) is 4.19. The van der Waals surface area contributed by atoms with Crippen LogP contribution in [0, 0.1) is 19.8 Å². The monoisotopic (exact) mass is 479 g/mol. The molecule has 7 nitrogen and oxygen atoms in total. The van der Waals surface area contributed by atoms with Crippen molar-refractivity contribution in [3.8, 4) is 0 Å². The van der Waals surface area contributed by atoms with E-state index in [9.17, 15) is 9.59 Å². The summed E-state index contributed by atoms with van der Waals surface area (Å²) in [6, 6.07) is 7.83. The molecular formula is C23H31Cl2N5O2. The number of nitrogens with zero attached hydrogens (tertiary/aromatic N) is 3. The second-order valence-corrected chi connectivity index (χ2v) is 8.27. The van der Waals surface area contributed by atoms with Crippen molar-refractivity contribution in [1.29, 1.82) is 0 Å². The molecule has 1 saturated heterocycles. The molecule has 2 N–H and O–H groups in total. The van der Waals surface area contributed by atoms with Gasteiger partial charge in [-0.2, -0.15) is 0 Å². The van der Waals surface area contributed by atoms with Crippen LogP contribution in [-0.4, -0.2) is 33.1 Å². The lowest BCUT2D eigenvalue weighted by molar-refractivity contribution is 0.0948. The first-order chi connectivity index (χ1) is 14.4. The predicted octanol–water partition coefficient (Wildman–Crippen LogP) is 3.13. The van der Waals surface area contributed by atoms with E-state index in [1.807, 2.05) is 49.7 Å². The van der Waals surface area contributed by atoms with Gasteiger partial charge in [0.05, 0.1) is 11.0 Å². The zero-order chi connectivity index (χ0) is 21.3. The zero-order valence-electron chi connectivity index (χ0n) is 18.7. The summed E-state index contributed by atoms with van der Waals surface area (Å²) in [5.41, 5.74) is 3.63. The van der Waals surface area contributed by atoms with Gasteiger partial charge in [-0.25, -0.2) is 4.98 Å². The van der Waals surface area contributed by atoms with Gasteiger partial charge in [0.1, 0.15) is 11.4 Å². The topological polar surface area (TPSA) is 81.0 Å². The number of aromatic nitrogens is 3. The molecule has 1 aliphatic heterocycles. The molecule has 1 fully saturated rings. The molecule has 0 aliphatic carbocycles. The van der Waals surface area contributed by atoms with E-state index in [0.29, 0.717) is 24.6 Å². The number of benzene rings is 1. The number of carbonyl (C=O) groups is 1. The van der Waals surface area contributed by atoms with E-state index in [1.165, 1.54) is 0 Å². The van der Waals surface area contributed by atoms with Gasteiger partial charge in [0, 0.05) is 26.3 Å². The standard InChI is InChI=1S/C23H29N5O2.2ClH/c1-15-8-10-28(14-18-5-4-9-24-12-18)23(30)21(15)22(29)25-13-17-6-7-20-19(11-17)26-16(2)27(20)3;;/h6-8,10-11,18,24H,4-5,9,12-14H2,1-3H3,(H,25,29);2*1H. The Morgan fingerprint density at radius 3 is 2.75 bits per heavy atom. The molecule has 174 valence electrons. The van der Waals surface area contributed by atoms with Crippen molar-refractivity contribution in [2.45, 2.75) is 39.8 Å². The largest absolute Gasteiger partial charge is 0.348 e. The number of carbonyl (C=O) groups excluding carboxylic acids is 1. The third-order valence-corrected chi connectivity index (χ3v) is 6.08. The quantitative estimate of drug-likeness (QED) is 0.588. The fraction of sp³-hybridized carbons (Fsp3) is 0.435. The molecule has 1 unspecified atom stereocenters. The Morgan fingerprint density at radius 2 is 2.03 bits per heavy atom. The van der Waals surface area contributed by atoms with E-state index < -0.39 is 0 Å². The summed E-state index contributed by atoms with van der Waals surface area (Å²) in [5, 5.41) is 6.29. The molecule has 3 aromatic rings. The second kappa shape index (κ2) is 11.0. The van der Waals surface area contributed by atoms with Crippen molar-refractivity contribution in [3.63, 3.8) is 0 Å². The molecule has 1 aromatic carbocycles. The number of pyridine rings is 1. The van der Waals surface area contributed by atoms with Crippen molar-refractivity contribution in [3.05, 3.63) is 63.3 Å². The van der Waals surface area contributed by atoms with E-state index in [0.717, 1.165) is 48.4 Å². The van der Waals surface area contributed by atoms with E-state index >= 15 is 0 Å². The van der Waals surface area contributed by atoms with Crippen molar-refractivity contribution < 1.29 is 4.79 Å². The van der Waals surface area contributed by atoms with E-state index in [4.69, 9.17) is 0 Å². The highest BCUT2D eigenvalue weighted by atomic mass is 35.5. The number of halogens is 2. The maximum Gasteiger partial charge on any atom is 0.263 e. The molecule has 32 heavy (non-hydrogen) atoms. The second-order valence-electron chi connectivity index (χ2n) is 8.27. The number of nitrogens with one attached hydrogen (secondary N) is 2. The number of rotatable bonds is 5. The molecule has 1 amide bonds. The van der Waals surface area contributed by atoms with Crippen molar-refractivity contribution in [1.82, 2.24) is 24.8 Å². The molecule has 4 rings (SSSR count). The van der Waals surface area contributed by atoms with Gasteiger partial charge in [-0.05, 0) is 75.0 Å². The van der Waals surface area contributed by atoms with Crippen LogP contribution >= 0.6 is 24.8 Å². The van der Waals surface area contributed by atoms with Gasteiger partial charge < -0.3 is 19.8 Å². The van der Waals surface area contributed by atoms with E-state index in [1.54, 1.807) is 10.8 Å². The Bertz CT molecular complexity index is 1150. The minimum absolute atomic E-state index is 0. The number of amides is 1. The Balaban J connectivity index is 0.00000181. The Kier molecular flexibility index (Phi) is 8.89. The summed E-state index contributed by atoms with van der Waals surface area (Å²) in [4.78, 5) is 30.4. The van der Waals surface area contributed by atoms with Crippen LogP contribution in [0.4, 0.5) is 0 Å². The Hall–Kier alpha value is -2.35. The number of piperidine rings is 1. The van der Waals surface area contributed by atoms with Crippen LogP contribution in [0.5, 0.6) is 0 Å². The van der Waals surface area contributed by atoms with Gasteiger partial charge >= 0.3 is 0 Å². The van der Waals surface area contributed by atoms with Gasteiger partial charge in [0.25, 0.3) is 11.5 Å². The number of hydrogen-bond acceptors (Lipinski definition) is 4. The molecule has 1 atom stereocenters. The van der Waals surface area contributed by atoms with Crippen LogP contribution < -0.4 is 16.2 Å². The van der Waals surface area contributed by atoms with Crippen LogP contribution in [0.25, 0.3) is 11.0 Å². The SMILES string of the molecule is Cc1ccn(CC2CCCNC2)c(=O)c1C(=O)NCc1ccc2c(c1)nc(C)n2C.Cl.Cl. The number of hydrogen-bond donors (Lipinski definition) is 2. The van der Waals surface area contributed by atoms with Crippen LogP contribution in [0.1, 0.15) is 40.2 Å². The molecule has 1 aliphatic rings. The molecule has 9 heteroatoms. The minimum atomic E-state index is -0.328. The third kappa shape index (κ3) is 5.34. The zero-order valence-corrected chi connectivity index (χ0v) is 20.3. The summed E-state index contributed by atoms with van der Waals surface area (Å²) in [6.45, 7) is 6.72. The van der Waals surface area contributed by atoms with Crippen molar-refractivity contribution in [2.75, 3.05) is 13.1 Å². The first-order valence-electron chi connectivity index (χ1n) is 10.5. The highest BCUT2D eigenvalue weighted by Gasteiger charge is 2.19. The number of fused-ring (bicyclic) bond motifs is 1. The maximum atomic E-state index is 13.0. The minimum Gasteiger partial charge on any atom is -0.348 e. The normalized spacial score (nSPS) is 15.7. The third-order valence-electron chi connectivity index (χ3n) is 6.08. The van der Waals surface area contributed by atoms with E-state index in [2.05, 4.69) is 15.6 Å². The number of imidazole rings is 1. The van der Waals surface area contributed by atoms with Crippen LogP contribution in [0.15, 0.2) is 35.3 Å². The van der Waals surface area contributed by atoms with Gasteiger partial charge in [0.15, 0.2) is 0 Å². The lowest BCUT2D eigenvalue weighted by Gasteiger charge is -2.23. The summed E-state index contributed by atoms with van der Waals surface area (Å²) in [5.74, 6) is 1.04. The average Bonchev–Trinajstić information content (AvgIpc) is 3.02. The van der Waals surface area contributed by atoms with Gasteiger partial charge in [-0.3, -0.25) is 9.59 Å². The Labute approximate surface area is 200 Å². The molecule has 0 radical (unpaired) electrons. The molecule has 2 aromatic heterocycles. The van der Waals surface area contributed by atoms with Crippen LogP contribution in [-0.2, 0) is 20.1 Å². The predicted molar refractivity (Wildman–Crippen MR) is 132 cm³/mol. The molecule has 0 saturated carbocycles. The first-order valence-corrected chi connectivity index (χ1v) is 10.5. The van der Waals surface area contributed by atoms with Gasteiger partial charge in [-0.15, -0.1) is 24.8 Å². The summed E-state index contributed by atoms with van der Waals surface area (Å²) in [7, 11) is 1.98.